The number of aryl methyl sites for hydroxylation is 1. The summed E-state index contributed by atoms with van der Waals surface area (Å²) in [6.45, 7) is 1.86. The van der Waals surface area contributed by atoms with Gasteiger partial charge in [-0.15, -0.1) is 11.3 Å². The maximum Gasteiger partial charge on any atom is 0.265 e. The fraction of sp³-hybridized carbons (Fsp3) is 0.389. The maximum absolute atomic E-state index is 14.2. The number of carbonyl (C=O) groups excluding carboxylic acids is 1. The van der Waals surface area contributed by atoms with Gasteiger partial charge in [0.25, 0.3) is 5.91 Å². The molecule has 1 unspecified atom stereocenters. The van der Waals surface area contributed by atoms with E-state index < -0.39 is 23.8 Å². The lowest BCUT2D eigenvalue weighted by Crippen LogP contribution is -2.41. The van der Waals surface area contributed by atoms with Crippen LogP contribution in [0.2, 0.25) is 0 Å². The molecule has 0 bridgehead atoms. The van der Waals surface area contributed by atoms with Gasteiger partial charge in [0.2, 0.25) is 0 Å². The highest BCUT2D eigenvalue weighted by molar-refractivity contribution is 7.14. The molecular weight excluding hydrogens is 348 g/mol. The minimum absolute atomic E-state index is 0.106. The van der Waals surface area contributed by atoms with Crippen LogP contribution in [0.25, 0.3) is 0 Å². The fourth-order valence-corrected chi connectivity index (χ4v) is 4.00. The molecule has 3 rings (SSSR count). The molecule has 1 aromatic heterocycles. The molecule has 1 aliphatic carbocycles. The normalized spacial score (nSPS) is 20.7. The van der Waals surface area contributed by atoms with Gasteiger partial charge >= 0.3 is 0 Å². The molecule has 0 radical (unpaired) electrons. The highest BCUT2D eigenvalue weighted by Gasteiger charge is 2.37. The van der Waals surface area contributed by atoms with E-state index in [1.54, 1.807) is 6.07 Å². The van der Waals surface area contributed by atoms with Gasteiger partial charge in [-0.25, -0.2) is 8.78 Å². The number of amides is 1. The van der Waals surface area contributed by atoms with E-state index in [1.807, 2.05) is 6.92 Å². The topological polar surface area (TPSA) is 58.6 Å². The number of hydrogen-bond acceptors (Lipinski definition) is 4. The van der Waals surface area contributed by atoms with Gasteiger partial charge < -0.3 is 15.2 Å². The Labute approximate surface area is 148 Å². The molecule has 1 amide bonds. The standard InChI is InChI=1S/C18H19F2NO3S/c1-9-5-15(24-2)17(25-9)18(23)21-16(10-6-12(22)7-10)13-4-3-11(19)8-14(13)20/h3-5,8,10,12,16,22H,6-7H2,1-2H3,(H,21,23). The summed E-state index contributed by atoms with van der Waals surface area (Å²) in [5, 5.41) is 12.4. The molecule has 1 saturated carbocycles. The van der Waals surface area contributed by atoms with E-state index in [-0.39, 0.29) is 17.4 Å². The summed E-state index contributed by atoms with van der Waals surface area (Å²) in [7, 11) is 1.48. The lowest BCUT2D eigenvalue weighted by molar-refractivity contribution is 0.0229. The Morgan fingerprint density at radius 2 is 2.08 bits per heavy atom. The second kappa shape index (κ2) is 7.09. The second-order valence-corrected chi connectivity index (χ2v) is 7.51. The number of ether oxygens (including phenoxy) is 1. The van der Waals surface area contributed by atoms with Crippen LogP contribution in [0.3, 0.4) is 0 Å². The van der Waals surface area contributed by atoms with E-state index >= 15 is 0 Å². The molecule has 25 heavy (non-hydrogen) atoms. The Morgan fingerprint density at radius 1 is 1.36 bits per heavy atom. The number of thiophene rings is 1. The zero-order chi connectivity index (χ0) is 18.1. The molecule has 0 saturated heterocycles. The summed E-state index contributed by atoms with van der Waals surface area (Å²) in [6, 6.07) is 4.45. The highest BCUT2D eigenvalue weighted by Crippen LogP contribution is 2.39. The lowest BCUT2D eigenvalue weighted by Gasteiger charge is -2.38. The SMILES string of the molecule is COc1cc(C)sc1C(=O)NC(c1ccc(F)cc1F)C1CC(O)C1. The first kappa shape index (κ1) is 17.8. The van der Waals surface area contributed by atoms with E-state index in [4.69, 9.17) is 4.74 Å². The van der Waals surface area contributed by atoms with Gasteiger partial charge in [-0.05, 0) is 37.8 Å². The van der Waals surface area contributed by atoms with Crippen molar-refractivity contribution in [2.75, 3.05) is 7.11 Å². The Hall–Kier alpha value is -1.99. The van der Waals surface area contributed by atoms with Gasteiger partial charge in [-0.1, -0.05) is 6.07 Å². The largest absolute Gasteiger partial charge is 0.495 e. The van der Waals surface area contributed by atoms with E-state index in [2.05, 4.69) is 5.32 Å². The Kier molecular flexibility index (Phi) is 5.06. The predicted octanol–water partition coefficient (Wildman–Crippen LogP) is 3.59. The number of methoxy groups -OCH3 is 1. The monoisotopic (exact) mass is 367 g/mol. The van der Waals surface area contributed by atoms with Crippen molar-refractivity contribution in [2.24, 2.45) is 5.92 Å². The third-order valence-corrected chi connectivity index (χ3v) is 5.48. The highest BCUT2D eigenvalue weighted by atomic mass is 32.1. The summed E-state index contributed by atoms with van der Waals surface area (Å²) >= 11 is 1.29. The number of hydrogen-bond donors (Lipinski definition) is 2. The molecule has 1 aliphatic rings. The molecule has 1 heterocycles. The van der Waals surface area contributed by atoms with Crippen molar-refractivity contribution in [1.82, 2.24) is 5.32 Å². The van der Waals surface area contributed by atoms with Crippen molar-refractivity contribution in [2.45, 2.75) is 31.9 Å². The predicted molar refractivity (Wildman–Crippen MR) is 90.9 cm³/mol. The van der Waals surface area contributed by atoms with Crippen molar-refractivity contribution < 1.29 is 23.4 Å². The number of benzene rings is 1. The Balaban J connectivity index is 1.88. The van der Waals surface area contributed by atoms with Crippen LogP contribution in [0.15, 0.2) is 24.3 Å². The van der Waals surface area contributed by atoms with E-state index in [0.717, 1.165) is 10.9 Å². The van der Waals surface area contributed by atoms with Crippen LogP contribution in [0, 0.1) is 24.5 Å². The van der Waals surface area contributed by atoms with Gasteiger partial charge in [0.1, 0.15) is 22.3 Å². The first-order valence-electron chi connectivity index (χ1n) is 7.97. The molecule has 4 nitrogen and oxygen atoms in total. The first-order valence-corrected chi connectivity index (χ1v) is 8.79. The van der Waals surface area contributed by atoms with Gasteiger partial charge in [-0.3, -0.25) is 4.79 Å². The third-order valence-electron chi connectivity index (χ3n) is 4.45. The number of aliphatic hydroxyl groups is 1. The lowest BCUT2D eigenvalue weighted by atomic mass is 9.75. The molecule has 2 aromatic rings. The van der Waals surface area contributed by atoms with Crippen molar-refractivity contribution in [3.8, 4) is 5.75 Å². The Morgan fingerprint density at radius 3 is 2.68 bits per heavy atom. The number of aliphatic hydroxyl groups excluding tert-OH is 1. The van der Waals surface area contributed by atoms with Gasteiger partial charge in [-0.2, -0.15) is 0 Å². The average Bonchev–Trinajstić information content (AvgIpc) is 2.91. The molecule has 0 aliphatic heterocycles. The van der Waals surface area contributed by atoms with E-state index in [0.29, 0.717) is 23.5 Å². The number of rotatable bonds is 5. The molecular formula is C18H19F2NO3S. The summed E-state index contributed by atoms with van der Waals surface area (Å²) < 4.78 is 32.7. The van der Waals surface area contributed by atoms with Gasteiger partial charge in [0, 0.05) is 16.5 Å². The van der Waals surface area contributed by atoms with Crippen LogP contribution in [-0.2, 0) is 0 Å². The Bertz CT molecular complexity index is 787. The van der Waals surface area contributed by atoms with Crippen molar-refractivity contribution >= 4 is 17.2 Å². The van der Waals surface area contributed by atoms with Crippen LogP contribution in [0.4, 0.5) is 8.78 Å². The van der Waals surface area contributed by atoms with Crippen LogP contribution < -0.4 is 10.1 Å². The minimum atomic E-state index is -0.707. The van der Waals surface area contributed by atoms with E-state index in [9.17, 15) is 18.7 Å². The quantitative estimate of drug-likeness (QED) is 0.849. The first-order chi connectivity index (χ1) is 11.9. The summed E-state index contributed by atoms with van der Waals surface area (Å²) in [4.78, 5) is 14.0. The van der Waals surface area contributed by atoms with Gasteiger partial charge in [0.15, 0.2) is 0 Å². The van der Waals surface area contributed by atoms with Crippen molar-refractivity contribution in [3.63, 3.8) is 0 Å². The number of halogens is 2. The van der Waals surface area contributed by atoms with Crippen LogP contribution in [0.5, 0.6) is 5.75 Å². The zero-order valence-electron chi connectivity index (χ0n) is 13.9. The molecule has 1 atom stereocenters. The minimum Gasteiger partial charge on any atom is -0.495 e. The molecule has 1 aromatic carbocycles. The number of carbonyl (C=O) groups is 1. The number of nitrogens with one attached hydrogen (secondary N) is 1. The molecule has 0 spiro atoms. The summed E-state index contributed by atoms with van der Waals surface area (Å²) in [6.07, 6.45) is 0.469. The zero-order valence-corrected chi connectivity index (χ0v) is 14.7. The van der Waals surface area contributed by atoms with Crippen LogP contribution >= 0.6 is 11.3 Å². The molecule has 2 N–H and O–H groups in total. The fourth-order valence-electron chi connectivity index (χ4n) is 3.11. The van der Waals surface area contributed by atoms with Gasteiger partial charge in [0.05, 0.1) is 19.3 Å². The van der Waals surface area contributed by atoms with Crippen molar-refractivity contribution in [3.05, 3.63) is 51.2 Å². The second-order valence-electron chi connectivity index (χ2n) is 6.26. The maximum atomic E-state index is 14.2. The molecule has 1 fully saturated rings. The van der Waals surface area contributed by atoms with Crippen LogP contribution in [0.1, 0.15) is 39.0 Å². The summed E-state index contributed by atoms with van der Waals surface area (Å²) in [5.41, 5.74) is 0.221. The molecule has 7 heteroatoms. The van der Waals surface area contributed by atoms with Crippen molar-refractivity contribution in [1.29, 1.82) is 0 Å². The molecule has 134 valence electrons. The smallest absolute Gasteiger partial charge is 0.265 e. The average molecular weight is 367 g/mol. The van der Waals surface area contributed by atoms with E-state index in [1.165, 1.54) is 30.6 Å². The third kappa shape index (κ3) is 3.67. The summed E-state index contributed by atoms with van der Waals surface area (Å²) in [5.74, 6) is -1.39. The van der Waals surface area contributed by atoms with Crippen LogP contribution in [-0.4, -0.2) is 24.2 Å².